The van der Waals surface area contributed by atoms with Crippen LogP contribution in [0.15, 0.2) is 83.1 Å². The molecule has 0 spiro atoms. The van der Waals surface area contributed by atoms with Crippen molar-refractivity contribution in [1.82, 2.24) is 9.88 Å². The van der Waals surface area contributed by atoms with Gasteiger partial charge >= 0.3 is 0 Å². The van der Waals surface area contributed by atoms with Gasteiger partial charge in [0, 0.05) is 29.0 Å². The molecule has 1 aromatic heterocycles. The summed E-state index contributed by atoms with van der Waals surface area (Å²) in [6, 6.07) is 17.0. The lowest BCUT2D eigenvalue weighted by Gasteiger charge is -2.25. The molecule has 156 valence electrons. The van der Waals surface area contributed by atoms with E-state index in [0.29, 0.717) is 16.9 Å². The molecule has 1 fully saturated rings. The summed E-state index contributed by atoms with van der Waals surface area (Å²) in [7, 11) is 1.52. The molecule has 0 bridgehead atoms. The standard InChI is InChI=1S/C24H19BrN2O4/c1-31-19-9-3-7-17(12-19)22(28)20-21(16-6-2-8-18(25)11-16)27(24(30)23(20)29)14-15-5-4-10-26-13-15/h2-13,21,28H,14H2,1H3/t21-/m1/s1. The molecule has 2 aromatic carbocycles. The molecule has 1 aliphatic rings. The maximum Gasteiger partial charge on any atom is 0.295 e. The van der Waals surface area contributed by atoms with Gasteiger partial charge in [0.05, 0.1) is 18.7 Å². The number of methoxy groups -OCH3 is 1. The Balaban J connectivity index is 1.87. The maximum atomic E-state index is 13.1. The van der Waals surface area contributed by atoms with E-state index in [1.807, 2.05) is 30.3 Å². The van der Waals surface area contributed by atoms with Crippen molar-refractivity contribution >= 4 is 33.4 Å². The summed E-state index contributed by atoms with van der Waals surface area (Å²) in [5.41, 5.74) is 1.94. The summed E-state index contributed by atoms with van der Waals surface area (Å²) in [6.07, 6.45) is 3.30. The Morgan fingerprint density at radius 3 is 2.65 bits per heavy atom. The first-order valence-electron chi connectivity index (χ1n) is 9.57. The maximum absolute atomic E-state index is 13.1. The number of carbonyl (C=O) groups is 2. The first kappa shape index (κ1) is 20.8. The Labute approximate surface area is 187 Å². The number of aliphatic hydroxyl groups excluding tert-OH is 1. The number of aliphatic hydroxyl groups is 1. The molecule has 0 radical (unpaired) electrons. The summed E-state index contributed by atoms with van der Waals surface area (Å²) in [4.78, 5) is 31.7. The molecule has 7 heteroatoms. The fraction of sp³-hybridized carbons (Fsp3) is 0.125. The van der Waals surface area contributed by atoms with Crippen molar-refractivity contribution in [3.8, 4) is 5.75 Å². The highest BCUT2D eigenvalue weighted by atomic mass is 79.9. The van der Waals surface area contributed by atoms with E-state index in [0.717, 1.165) is 10.0 Å². The zero-order valence-electron chi connectivity index (χ0n) is 16.7. The van der Waals surface area contributed by atoms with Gasteiger partial charge in [0.15, 0.2) is 0 Å². The molecule has 31 heavy (non-hydrogen) atoms. The van der Waals surface area contributed by atoms with Gasteiger partial charge in [0.2, 0.25) is 0 Å². The number of nitrogens with zero attached hydrogens (tertiary/aromatic N) is 2. The van der Waals surface area contributed by atoms with Gasteiger partial charge in [-0.2, -0.15) is 0 Å². The molecular weight excluding hydrogens is 460 g/mol. The summed E-state index contributed by atoms with van der Waals surface area (Å²) < 4.78 is 6.04. The number of pyridine rings is 1. The summed E-state index contributed by atoms with van der Waals surface area (Å²) in [5, 5.41) is 11.1. The molecule has 1 amide bonds. The molecule has 1 N–H and O–H groups in total. The number of hydrogen-bond acceptors (Lipinski definition) is 5. The number of benzene rings is 2. The lowest BCUT2D eigenvalue weighted by Crippen LogP contribution is -2.29. The van der Waals surface area contributed by atoms with Gasteiger partial charge < -0.3 is 14.7 Å². The van der Waals surface area contributed by atoms with Crippen LogP contribution in [0.3, 0.4) is 0 Å². The zero-order chi connectivity index (χ0) is 22.0. The van der Waals surface area contributed by atoms with Crippen LogP contribution in [-0.2, 0) is 16.1 Å². The topological polar surface area (TPSA) is 79.7 Å². The van der Waals surface area contributed by atoms with Crippen molar-refractivity contribution in [2.45, 2.75) is 12.6 Å². The Morgan fingerprint density at radius 1 is 1.13 bits per heavy atom. The normalized spacial score (nSPS) is 17.7. The van der Waals surface area contributed by atoms with Crippen LogP contribution in [0.2, 0.25) is 0 Å². The SMILES string of the molecule is COc1cccc(C(O)=C2C(=O)C(=O)N(Cc3cccnc3)[C@@H]2c2cccc(Br)c2)c1. The monoisotopic (exact) mass is 478 g/mol. The van der Waals surface area contributed by atoms with Crippen molar-refractivity contribution in [3.63, 3.8) is 0 Å². The largest absolute Gasteiger partial charge is 0.507 e. The molecule has 1 aliphatic heterocycles. The van der Waals surface area contributed by atoms with Crippen LogP contribution in [0.5, 0.6) is 5.75 Å². The van der Waals surface area contributed by atoms with Crippen LogP contribution >= 0.6 is 15.9 Å². The van der Waals surface area contributed by atoms with Gasteiger partial charge in [-0.1, -0.05) is 46.3 Å². The van der Waals surface area contributed by atoms with E-state index >= 15 is 0 Å². The summed E-state index contributed by atoms with van der Waals surface area (Å²) >= 11 is 3.45. The van der Waals surface area contributed by atoms with Crippen molar-refractivity contribution in [3.05, 3.63) is 99.8 Å². The van der Waals surface area contributed by atoms with Gasteiger partial charge in [-0.25, -0.2) is 0 Å². The first-order valence-corrected chi connectivity index (χ1v) is 10.4. The van der Waals surface area contributed by atoms with Crippen molar-refractivity contribution < 1.29 is 19.4 Å². The quantitative estimate of drug-likeness (QED) is 0.332. The van der Waals surface area contributed by atoms with Gasteiger partial charge in [0.1, 0.15) is 11.5 Å². The Hall–Kier alpha value is -3.45. The second-order valence-electron chi connectivity index (χ2n) is 7.08. The Kier molecular flexibility index (Phi) is 5.86. The lowest BCUT2D eigenvalue weighted by molar-refractivity contribution is -0.140. The van der Waals surface area contributed by atoms with Gasteiger partial charge in [-0.3, -0.25) is 14.6 Å². The number of hydrogen-bond donors (Lipinski definition) is 1. The molecule has 6 nitrogen and oxygen atoms in total. The molecule has 4 rings (SSSR count). The third-order valence-electron chi connectivity index (χ3n) is 5.12. The van der Waals surface area contributed by atoms with Crippen LogP contribution in [0.1, 0.15) is 22.7 Å². The van der Waals surface area contributed by atoms with E-state index in [1.165, 1.54) is 12.0 Å². The number of amides is 1. The van der Waals surface area contributed by atoms with Crippen LogP contribution in [0.25, 0.3) is 5.76 Å². The smallest absolute Gasteiger partial charge is 0.295 e. The number of halogens is 1. The molecule has 1 saturated heterocycles. The van der Waals surface area contributed by atoms with E-state index < -0.39 is 17.7 Å². The Morgan fingerprint density at radius 2 is 1.94 bits per heavy atom. The number of ketones is 1. The highest BCUT2D eigenvalue weighted by Crippen LogP contribution is 2.41. The fourth-order valence-electron chi connectivity index (χ4n) is 3.68. The van der Waals surface area contributed by atoms with Gasteiger partial charge in [-0.05, 0) is 41.5 Å². The van der Waals surface area contributed by atoms with Crippen LogP contribution in [0.4, 0.5) is 0 Å². The van der Waals surface area contributed by atoms with Crippen molar-refractivity contribution in [2.24, 2.45) is 0 Å². The van der Waals surface area contributed by atoms with E-state index in [2.05, 4.69) is 20.9 Å². The first-order chi connectivity index (χ1) is 15.0. The number of ether oxygens (including phenoxy) is 1. The molecule has 2 heterocycles. The number of aromatic nitrogens is 1. The van der Waals surface area contributed by atoms with E-state index in [1.54, 1.807) is 42.7 Å². The summed E-state index contributed by atoms with van der Waals surface area (Å²) in [6.45, 7) is 0.185. The minimum absolute atomic E-state index is 0.0419. The molecule has 3 aromatic rings. The highest BCUT2D eigenvalue weighted by molar-refractivity contribution is 9.10. The fourth-order valence-corrected chi connectivity index (χ4v) is 4.10. The van der Waals surface area contributed by atoms with Crippen LogP contribution in [0, 0.1) is 0 Å². The molecule has 0 saturated carbocycles. The van der Waals surface area contributed by atoms with E-state index in [4.69, 9.17) is 4.74 Å². The number of likely N-dealkylation sites (tertiary alicyclic amines) is 1. The van der Waals surface area contributed by atoms with Crippen LogP contribution < -0.4 is 4.74 Å². The van der Waals surface area contributed by atoms with Gasteiger partial charge in [-0.15, -0.1) is 0 Å². The number of Topliss-reactive ketones (excluding diaryl/α,β-unsaturated/α-hetero) is 1. The predicted molar refractivity (Wildman–Crippen MR) is 119 cm³/mol. The van der Waals surface area contributed by atoms with Crippen molar-refractivity contribution in [2.75, 3.05) is 7.11 Å². The third-order valence-corrected chi connectivity index (χ3v) is 5.62. The lowest BCUT2D eigenvalue weighted by atomic mass is 9.95. The second kappa shape index (κ2) is 8.73. The average molecular weight is 479 g/mol. The minimum Gasteiger partial charge on any atom is -0.507 e. The van der Waals surface area contributed by atoms with E-state index in [9.17, 15) is 14.7 Å². The zero-order valence-corrected chi connectivity index (χ0v) is 18.2. The Bertz CT molecular complexity index is 1180. The average Bonchev–Trinajstić information content (AvgIpc) is 3.04. The molecular formula is C24H19BrN2O4. The second-order valence-corrected chi connectivity index (χ2v) is 7.99. The summed E-state index contributed by atoms with van der Waals surface area (Å²) in [5.74, 6) is -1.10. The molecule has 0 aliphatic carbocycles. The highest BCUT2D eigenvalue weighted by Gasteiger charge is 2.46. The van der Waals surface area contributed by atoms with Gasteiger partial charge in [0.25, 0.3) is 11.7 Å². The van der Waals surface area contributed by atoms with Crippen LogP contribution in [-0.4, -0.2) is 33.8 Å². The third kappa shape index (κ3) is 4.09. The van der Waals surface area contributed by atoms with Crippen molar-refractivity contribution in [1.29, 1.82) is 0 Å². The number of rotatable bonds is 5. The predicted octanol–water partition coefficient (Wildman–Crippen LogP) is 4.47. The van der Waals surface area contributed by atoms with E-state index in [-0.39, 0.29) is 17.9 Å². The molecule has 1 atom stereocenters. The minimum atomic E-state index is -0.746. The molecule has 0 unspecified atom stereocenters. The number of carbonyl (C=O) groups excluding carboxylic acids is 2.